The summed E-state index contributed by atoms with van der Waals surface area (Å²) in [5.74, 6) is 1.12. The molecule has 1 atom stereocenters. The Hall–Kier alpha value is -1.59. The summed E-state index contributed by atoms with van der Waals surface area (Å²) < 4.78 is 10.9. The SMILES string of the molecule is Cc1ccc(OCC(=O)NCC(C(C)C)N2CCOCC2)cc1. The number of morpholine rings is 1. The minimum atomic E-state index is -0.0792. The molecule has 5 nitrogen and oxygen atoms in total. The fraction of sp³-hybridized carbons (Fsp3) is 0.611. The van der Waals surface area contributed by atoms with Crippen molar-refractivity contribution >= 4 is 5.91 Å². The molecule has 23 heavy (non-hydrogen) atoms. The predicted octanol–water partition coefficient (Wildman–Crippen LogP) is 1.85. The maximum atomic E-state index is 12.0. The van der Waals surface area contributed by atoms with E-state index in [0.29, 0.717) is 18.5 Å². The molecule has 1 heterocycles. The van der Waals surface area contributed by atoms with Crippen molar-refractivity contribution in [2.24, 2.45) is 5.92 Å². The lowest BCUT2D eigenvalue weighted by molar-refractivity contribution is -0.123. The molecule has 1 aliphatic rings. The number of rotatable bonds is 7. The number of carbonyl (C=O) groups excluding carboxylic acids is 1. The Morgan fingerprint density at radius 3 is 2.52 bits per heavy atom. The highest BCUT2D eigenvalue weighted by Crippen LogP contribution is 2.13. The first-order valence-corrected chi connectivity index (χ1v) is 8.34. The third kappa shape index (κ3) is 5.84. The van der Waals surface area contributed by atoms with Crippen molar-refractivity contribution < 1.29 is 14.3 Å². The molecule has 2 rings (SSSR count). The molecule has 0 saturated carbocycles. The van der Waals surface area contributed by atoms with Gasteiger partial charge in [0.05, 0.1) is 13.2 Å². The van der Waals surface area contributed by atoms with Crippen LogP contribution in [0.25, 0.3) is 0 Å². The van der Waals surface area contributed by atoms with Gasteiger partial charge in [0.2, 0.25) is 0 Å². The number of ether oxygens (including phenoxy) is 2. The Labute approximate surface area is 139 Å². The maximum Gasteiger partial charge on any atom is 0.257 e. The summed E-state index contributed by atoms with van der Waals surface area (Å²) in [5, 5.41) is 3.00. The third-order valence-electron chi connectivity index (χ3n) is 4.18. The average molecular weight is 320 g/mol. The molecule has 1 saturated heterocycles. The Bertz CT molecular complexity index is 482. The van der Waals surface area contributed by atoms with E-state index in [4.69, 9.17) is 9.47 Å². The molecule has 1 unspecified atom stereocenters. The highest BCUT2D eigenvalue weighted by atomic mass is 16.5. The monoisotopic (exact) mass is 320 g/mol. The normalized spacial score (nSPS) is 17.0. The van der Waals surface area contributed by atoms with E-state index < -0.39 is 0 Å². The van der Waals surface area contributed by atoms with Gasteiger partial charge in [-0.3, -0.25) is 9.69 Å². The zero-order chi connectivity index (χ0) is 16.7. The maximum absolute atomic E-state index is 12.0. The van der Waals surface area contributed by atoms with E-state index in [1.54, 1.807) is 0 Å². The molecule has 0 bridgehead atoms. The van der Waals surface area contributed by atoms with Gasteiger partial charge in [-0.25, -0.2) is 0 Å². The molecule has 128 valence electrons. The first-order valence-electron chi connectivity index (χ1n) is 8.34. The lowest BCUT2D eigenvalue weighted by Crippen LogP contribution is -2.51. The van der Waals surface area contributed by atoms with Gasteiger partial charge >= 0.3 is 0 Å². The Morgan fingerprint density at radius 1 is 1.26 bits per heavy atom. The van der Waals surface area contributed by atoms with Crippen LogP contribution < -0.4 is 10.1 Å². The molecular weight excluding hydrogens is 292 g/mol. The summed E-state index contributed by atoms with van der Waals surface area (Å²) in [7, 11) is 0. The van der Waals surface area contributed by atoms with Crippen molar-refractivity contribution in [3.8, 4) is 5.75 Å². The summed E-state index contributed by atoms with van der Waals surface area (Å²) >= 11 is 0. The van der Waals surface area contributed by atoms with Crippen molar-refractivity contribution in [1.82, 2.24) is 10.2 Å². The van der Waals surface area contributed by atoms with E-state index in [0.717, 1.165) is 32.1 Å². The number of benzene rings is 1. The van der Waals surface area contributed by atoms with Crippen LogP contribution in [0.2, 0.25) is 0 Å². The molecule has 1 aromatic rings. The molecule has 1 N–H and O–H groups in total. The molecule has 0 aliphatic carbocycles. The number of aryl methyl sites for hydroxylation is 1. The number of carbonyl (C=O) groups is 1. The van der Waals surface area contributed by atoms with E-state index in [9.17, 15) is 4.79 Å². The minimum absolute atomic E-state index is 0.0526. The van der Waals surface area contributed by atoms with Crippen LogP contribution in [0.3, 0.4) is 0 Å². The second-order valence-corrected chi connectivity index (χ2v) is 6.37. The molecule has 1 aromatic carbocycles. The van der Waals surface area contributed by atoms with Gasteiger partial charge in [-0.2, -0.15) is 0 Å². The number of hydrogen-bond donors (Lipinski definition) is 1. The van der Waals surface area contributed by atoms with E-state index in [1.165, 1.54) is 5.56 Å². The van der Waals surface area contributed by atoms with Crippen molar-refractivity contribution in [3.05, 3.63) is 29.8 Å². The van der Waals surface area contributed by atoms with Gasteiger partial charge in [0.1, 0.15) is 5.75 Å². The summed E-state index contributed by atoms with van der Waals surface area (Å²) in [6.45, 7) is 10.5. The van der Waals surface area contributed by atoms with Crippen LogP contribution in [0, 0.1) is 12.8 Å². The van der Waals surface area contributed by atoms with Gasteiger partial charge in [-0.15, -0.1) is 0 Å². The third-order valence-corrected chi connectivity index (χ3v) is 4.18. The highest BCUT2D eigenvalue weighted by molar-refractivity contribution is 5.77. The second-order valence-electron chi connectivity index (χ2n) is 6.37. The number of amides is 1. The van der Waals surface area contributed by atoms with Crippen LogP contribution in [0.5, 0.6) is 5.75 Å². The van der Waals surface area contributed by atoms with Gasteiger partial charge < -0.3 is 14.8 Å². The van der Waals surface area contributed by atoms with E-state index in [-0.39, 0.29) is 12.5 Å². The summed E-state index contributed by atoms with van der Waals surface area (Å²) in [6, 6.07) is 8.05. The number of nitrogens with one attached hydrogen (secondary N) is 1. The van der Waals surface area contributed by atoms with Crippen molar-refractivity contribution in [1.29, 1.82) is 0 Å². The zero-order valence-corrected chi connectivity index (χ0v) is 14.4. The number of nitrogens with zero attached hydrogens (tertiary/aromatic N) is 1. The van der Waals surface area contributed by atoms with Crippen LogP contribution in [0.4, 0.5) is 0 Å². The van der Waals surface area contributed by atoms with E-state index in [1.807, 2.05) is 31.2 Å². The summed E-state index contributed by atoms with van der Waals surface area (Å²) in [6.07, 6.45) is 0. The molecule has 0 aromatic heterocycles. The van der Waals surface area contributed by atoms with Crippen LogP contribution in [-0.2, 0) is 9.53 Å². The van der Waals surface area contributed by atoms with Crippen molar-refractivity contribution in [2.45, 2.75) is 26.8 Å². The summed E-state index contributed by atoms with van der Waals surface area (Å²) in [5.41, 5.74) is 1.17. The van der Waals surface area contributed by atoms with E-state index >= 15 is 0 Å². The molecule has 0 spiro atoms. The van der Waals surface area contributed by atoms with Gasteiger partial charge in [0.15, 0.2) is 6.61 Å². The largest absolute Gasteiger partial charge is 0.484 e. The Kier molecular flexibility index (Phi) is 6.86. The van der Waals surface area contributed by atoms with Crippen LogP contribution in [0.15, 0.2) is 24.3 Å². The molecule has 5 heteroatoms. The standard InChI is InChI=1S/C18H28N2O3/c1-14(2)17(20-8-10-22-11-9-20)12-19-18(21)13-23-16-6-4-15(3)5-7-16/h4-7,14,17H,8-13H2,1-3H3,(H,19,21). The molecular formula is C18H28N2O3. The Morgan fingerprint density at radius 2 is 1.91 bits per heavy atom. The van der Waals surface area contributed by atoms with Crippen molar-refractivity contribution in [3.63, 3.8) is 0 Å². The van der Waals surface area contributed by atoms with Gasteiger partial charge in [-0.05, 0) is 25.0 Å². The van der Waals surface area contributed by atoms with Gasteiger partial charge in [0, 0.05) is 25.7 Å². The minimum Gasteiger partial charge on any atom is -0.484 e. The van der Waals surface area contributed by atoms with Gasteiger partial charge in [0.25, 0.3) is 5.91 Å². The predicted molar refractivity (Wildman–Crippen MR) is 90.7 cm³/mol. The lowest BCUT2D eigenvalue weighted by Gasteiger charge is -2.36. The Balaban J connectivity index is 1.75. The molecule has 1 aliphatic heterocycles. The first-order chi connectivity index (χ1) is 11.1. The highest BCUT2D eigenvalue weighted by Gasteiger charge is 2.24. The van der Waals surface area contributed by atoms with Crippen LogP contribution in [-0.4, -0.2) is 56.3 Å². The molecule has 0 radical (unpaired) electrons. The van der Waals surface area contributed by atoms with Crippen LogP contribution in [0.1, 0.15) is 19.4 Å². The van der Waals surface area contributed by atoms with Crippen LogP contribution >= 0.6 is 0 Å². The first kappa shape index (κ1) is 17.8. The topological polar surface area (TPSA) is 50.8 Å². The quantitative estimate of drug-likeness (QED) is 0.833. The smallest absolute Gasteiger partial charge is 0.257 e. The van der Waals surface area contributed by atoms with E-state index in [2.05, 4.69) is 24.1 Å². The van der Waals surface area contributed by atoms with Gasteiger partial charge in [-0.1, -0.05) is 31.5 Å². The second kappa shape index (κ2) is 8.89. The summed E-state index contributed by atoms with van der Waals surface area (Å²) in [4.78, 5) is 14.4. The zero-order valence-electron chi connectivity index (χ0n) is 14.4. The fourth-order valence-corrected chi connectivity index (χ4v) is 2.75. The fourth-order valence-electron chi connectivity index (χ4n) is 2.75. The molecule has 1 amide bonds. The number of hydrogen-bond acceptors (Lipinski definition) is 4. The average Bonchev–Trinajstić information content (AvgIpc) is 2.55. The van der Waals surface area contributed by atoms with Crippen molar-refractivity contribution in [2.75, 3.05) is 39.5 Å². The lowest BCUT2D eigenvalue weighted by atomic mass is 10.0. The molecule has 1 fully saturated rings.